The topological polar surface area (TPSA) is 44.0 Å². The summed E-state index contributed by atoms with van der Waals surface area (Å²) in [4.78, 5) is 10.3. The predicted molar refractivity (Wildman–Crippen MR) is 70.0 cm³/mol. The zero-order chi connectivity index (χ0) is 11.5. The lowest BCUT2D eigenvalue weighted by Gasteiger charge is -2.26. The molecule has 17 heavy (non-hydrogen) atoms. The third kappa shape index (κ3) is 2.57. The maximum Gasteiger partial charge on any atom is 0.107 e. The van der Waals surface area contributed by atoms with E-state index in [2.05, 4.69) is 31.6 Å². The van der Waals surface area contributed by atoms with E-state index in [1.54, 1.807) is 11.3 Å². The number of H-pyrrole nitrogens is 1. The molecule has 1 aliphatic rings. The molecule has 0 amide bonds. The first kappa shape index (κ1) is 11.0. The molecule has 3 rings (SSSR count). The third-order valence-corrected chi connectivity index (χ3v) is 3.83. The van der Waals surface area contributed by atoms with E-state index in [4.69, 9.17) is 0 Å². The van der Waals surface area contributed by atoms with E-state index in [-0.39, 0.29) is 0 Å². The van der Waals surface area contributed by atoms with E-state index in [1.165, 1.54) is 5.01 Å². The molecule has 0 bridgehead atoms. The van der Waals surface area contributed by atoms with Gasteiger partial charge in [0, 0.05) is 37.8 Å². The Kier molecular flexibility index (Phi) is 3.22. The van der Waals surface area contributed by atoms with Gasteiger partial charge in [-0.2, -0.15) is 0 Å². The lowest BCUT2D eigenvalue weighted by atomic mass is 10.3. The lowest BCUT2D eigenvalue weighted by molar-refractivity contribution is 0.233. The maximum atomic E-state index is 4.67. The van der Waals surface area contributed by atoms with Gasteiger partial charge >= 0.3 is 0 Å². The average molecular weight is 248 g/mol. The maximum absolute atomic E-state index is 4.67. The van der Waals surface area contributed by atoms with Crippen molar-refractivity contribution >= 4 is 11.3 Å². The van der Waals surface area contributed by atoms with Gasteiger partial charge in [0.05, 0.1) is 17.9 Å². The summed E-state index contributed by atoms with van der Waals surface area (Å²) in [5.41, 5.74) is 2.16. The van der Waals surface area contributed by atoms with E-state index in [1.807, 2.05) is 12.3 Å². The van der Waals surface area contributed by atoms with Gasteiger partial charge in [0.1, 0.15) is 5.01 Å². The van der Waals surface area contributed by atoms with Gasteiger partial charge in [-0.05, 0) is 12.1 Å². The molecule has 0 atom stereocenters. The minimum Gasteiger partial charge on any atom is -0.360 e. The first-order valence-corrected chi connectivity index (χ1v) is 6.81. The molecule has 5 heteroatoms. The molecule has 90 valence electrons. The van der Waals surface area contributed by atoms with Gasteiger partial charge in [-0.3, -0.25) is 4.90 Å². The molecule has 0 aromatic carbocycles. The van der Waals surface area contributed by atoms with Crippen LogP contribution < -0.4 is 5.32 Å². The minimum atomic E-state index is 0.979. The number of nitrogens with one attached hydrogen (secondary N) is 2. The van der Waals surface area contributed by atoms with Crippen molar-refractivity contribution in [3.8, 4) is 11.4 Å². The molecule has 1 saturated heterocycles. The summed E-state index contributed by atoms with van der Waals surface area (Å²) in [6, 6.07) is 4.06. The zero-order valence-corrected chi connectivity index (χ0v) is 10.5. The van der Waals surface area contributed by atoms with Crippen LogP contribution in [-0.2, 0) is 6.54 Å². The van der Waals surface area contributed by atoms with Crippen LogP contribution in [0.25, 0.3) is 11.4 Å². The molecule has 2 aromatic rings. The summed E-state index contributed by atoms with van der Waals surface area (Å²) in [6.45, 7) is 5.41. The zero-order valence-electron chi connectivity index (χ0n) is 9.65. The largest absolute Gasteiger partial charge is 0.360 e. The molecule has 4 nitrogen and oxygen atoms in total. The van der Waals surface area contributed by atoms with Crippen molar-refractivity contribution in [3.63, 3.8) is 0 Å². The van der Waals surface area contributed by atoms with E-state index in [9.17, 15) is 0 Å². The van der Waals surface area contributed by atoms with Gasteiger partial charge in [-0.1, -0.05) is 0 Å². The number of piperazine rings is 1. The Morgan fingerprint density at radius 1 is 1.35 bits per heavy atom. The van der Waals surface area contributed by atoms with E-state index >= 15 is 0 Å². The molecular formula is C12H16N4S. The second-order valence-electron chi connectivity index (χ2n) is 4.24. The lowest BCUT2D eigenvalue weighted by Crippen LogP contribution is -2.42. The molecule has 2 aromatic heterocycles. The van der Waals surface area contributed by atoms with E-state index in [0.717, 1.165) is 44.1 Å². The normalized spacial score (nSPS) is 17.4. The fourth-order valence-corrected chi connectivity index (χ4v) is 2.89. The number of nitrogens with zero attached hydrogens (tertiary/aromatic N) is 2. The summed E-state index contributed by atoms with van der Waals surface area (Å²) < 4.78 is 0. The number of hydrogen-bond donors (Lipinski definition) is 2. The second-order valence-corrected chi connectivity index (χ2v) is 5.18. The molecule has 0 unspecified atom stereocenters. The van der Waals surface area contributed by atoms with Crippen molar-refractivity contribution < 1.29 is 0 Å². The molecule has 3 heterocycles. The van der Waals surface area contributed by atoms with Gasteiger partial charge in [-0.25, -0.2) is 4.98 Å². The average Bonchev–Trinajstić information content (AvgIpc) is 3.00. The fourth-order valence-electron chi connectivity index (χ4n) is 2.06. The van der Waals surface area contributed by atoms with Crippen LogP contribution >= 0.6 is 11.3 Å². The molecular weight excluding hydrogens is 232 g/mol. The van der Waals surface area contributed by atoms with Crippen molar-refractivity contribution in [1.29, 1.82) is 0 Å². The highest BCUT2D eigenvalue weighted by atomic mass is 32.1. The van der Waals surface area contributed by atoms with Crippen LogP contribution in [0.1, 0.15) is 5.01 Å². The minimum absolute atomic E-state index is 0.979. The standard InChI is InChI=1S/C12H16N4S/c1-2-10(14-3-1)11-9-17-12(15-11)8-16-6-4-13-5-7-16/h1-3,9,13-14H,4-8H2. The van der Waals surface area contributed by atoms with E-state index in [0.29, 0.717) is 0 Å². The number of thiazole rings is 1. The highest BCUT2D eigenvalue weighted by molar-refractivity contribution is 7.09. The first-order chi connectivity index (χ1) is 8.42. The highest BCUT2D eigenvalue weighted by Gasteiger charge is 2.12. The van der Waals surface area contributed by atoms with Crippen LogP contribution in [0.3, 0.4) is 0 Å². The Morgan fingerprint density at radius 2 is 2.24 bits per heavy atom. The van der Waals surface area contributed by atoms with Crippen molar-refractivity contribution in [2.75, 3.05) is 26.2 Å². The van der Waals surface area contributed by atoms with Crippen molar-refractivity contribution in [2.45, 2.75) is 6.54 Å². The number of hydrogen-bond acceptors (Lipinski definition) is 4. The van der Waals surface area contributed by atoms with Crippen LogP contribution in [0.15, 0.2) is 23.7 Å². The predicted octanol–water partition coefficient (Wildman–Crippen LogP) is 1.54. The SMILES string of the molecule is c1c[nH]c(-c2csc(CN3CCNCC3)n2)c1. The highest BCUT2D eigenvalue weighted by Crippen LogP contribution is 2.21. The number of rotatable bonds is 3. The van der Waals surface area contributed by atoms with Gasteiger partial charge in [0.15, 0.2) is 0 Å². The van der Waals surface area contributed by atoms with Gasteiger partial charge in [0.25, 0.3) is 0 Å². The van der Waals surface area contributed by atoms with Crippen LogP contribution in [0.5, 0.6) is 0 Å². The van der Waals surface area contributed by atoms with Crippen LogP contribution in [0, 0.1) is 0 Å². The molecule has 1 aliphatic heterocycles. The Hall–Kier alpha value is -1.17. The fraction of sp³-hybridized carbons (Fsp3) is 0.417. The molecule has 0 aliphatic carbocycles. The van der Waals surface area contributed by atoms with Gasteiger partial charge in [0.2, 0.25) is 0 Å². The Balaban J connectivity index is 1.68. The number of aromatic nitrogens is 2. The van der Waals surface area contributed by atoms with Crippen LogP contribution in [0.4, 0.5) is 0 Å². The Labute approximate surface area is 105 Å². The summed E-state index contributed by atoms with van der Waals surface area (Å²) in [5, 5.41) is 6.70. The smallest absolute Gasteiger partial charge is 0.107 e. The molecule has 0 spiro atoms. The molecule has 0 radical (unpaired) electrons. The summed E-state index contributed by atoms with van der Waals surface area (Å²) in [5.74, 6) is 0. The first-order valence-electron chi connectivity index (χ1n) is 5.93. The number of aromatic amines is 1. The summed E-state index contributed by atoms with van der Waals surface area (Å²) >= 11 is 1.75. The Bertz CT molecular complexity index is 457. The van der Waals surface area contributed by atoms with Crippen molar-refractivity contribution in [1.82, 2.24) is 20.2 Å². The van der Waals surface area contributed by atoms with Crippen LogP contribution in [0.2, 0.25) is 0 Å². The van der Waals surface area contributed by atoms with E-state index < -0.39 is 0 Å². The van der Waals surface area contributed by atoms with Crippen molar-refractivity contribution in [2.24, 2.45) is 0 Å². The quantitative estimate of drug-likeness (QED) is 0.866. The molecule has 0 saturated carbocycles. The monoisotopic (exact) mass is 248 g/mol. The molecule has 2 N–H and O–H groups in total. The summed E-state index contributed by atoms with van der Waals surface area (Å²) in [7, 11) is 0. The molecule has 1 fully saturated rings. The van der Waals surface area contributed by atoms with Gasteiger partial charge < -0.3 is 10.3 Å². The summed E-state index contributed by atoms with van der Waals surface area (Å²) in [6.07, 6.45) is 1.94. The third-order valence-electron chi connectivity index (χ3n) is 2.99. The van der Waals surface area contributed by atoms with Gasteiger partial charge in [-0.15, -0.1) is 11.3 Å². The van der Waals surface area contributed by atoms with Crippen molar-refractivity contribution in [3.05, 3.63) is 28.7 Å². The second kappa shape index (κ2) is 5.00. The van der Waals surface area contributed by atoms with Crippen LogP contribution in [-0.4, -0.2) is 41.0 Å². The Morgan fingerprint density at radius 3 is 3.00 bits per heavy atom.